The van der Waals surface area contributed by atoms with Crippen molar-refractivity contribution in [1.29, 1.82) is 0 Å². The van der Waals surface area contributed by atoms with Gasteiger partial charge >= 0.3 is 0 Å². The molecule has 94 heavy (non-hydrogen) atoms. The van der Waals surface area contributed by atoms with Gasteiger partial charge in [-0.25, -0.2) is 0 Å². The van der Waals surface area contributed by atoms with Crippen molar-refractivity contribution in [3.63, 3.8) is 0 Å². The van der Waals surface area contributed by atoms with Crippen LogP contribution in [-0.4, -0.2) is 236 Å². The van der Waals surface area contributed by atoms with E-state index < -0.39 is 0 Å². The van der Waals surface area contributed by atoms with E-state index >= 15 is 0 Å². The second-order valence-corrected chi connectivity index (χ2v) is 35.2. The Morgan fingerprint density at radius 3 is 1.03 bits per heavy atom. The molecule has 0 bridgehead atoms. The van der Waals surface area contributed by atoms with Crippen molar-refractivity contribution in [1.82, 2.24) is 44.1 Å². The average molecular weight is 1330 g/mol. The standard InChI is InChI=1S/4C10H21N.C9H19NO.3C9H19N.C8H17N/c1-9(2)10-6-4-5-7-11(3)8-10;1-4-11-7-5-10(6-8-11)9(2)3;1-4-11-7-5-6-10(8-11)9(2)3;1-4-11-8-6-5-7-10(11)9(2)3;1-8(2)9-6-10(3)4-5-11-7-9;1-8(2)9-4-6-10(3)7-5-9;1-8(2)9-5-4-6-10(3)7-9;1-8(2)9-6-4-5-7-10(9)3;1-7(2)8-4-5-9(3)6-8/h4*9-10H,4-8H2,1-3H3;8-9H,4-7H2,1-3H3;3*8-9H,4-7H2,1-3H3;7-8H,4-6H2,1-3H3. The molecule has 9 fully saturated rings. The highest BCUT2D eigenvalue weighted by Crippen LogP contribution is 2.29. The van der Waals surface area contributed by atoms with Gasteiger partial charge in [-0.05, 0) is 318 Å². The van der Waals surface area contributed by atoms with Gasteiger partial charge in [0.25, 0.3) is 0 Å². The van der Waals surface area contributed by atoms with Crippen molar-refractivity contribution in [3.05, 3.63) is 0 Å². The summed E-state index contributed by atoms with van der Waals surface area (Å²) in [5, 5.41) is 0. The minimum atomic E-state index is 0.725. The van der Waals surface area contributed by atoms with E-state index in [1.165, 1.54) is 233 Å². The fraction of sp³-hybridized carbons (Fsp3) is 1.00. The van der Waals surface area contributed by atoms with Gasteiger partial charge in [0.2, 0.25) is 0 Å². The molecule has 0 aromatic carbocycles. The minimum absolute atomic E-state index is 0.725. The minimum Gasteiger partial charge on any atom is -0.380 e. The van der Waals surface area contributed by atoms with E-state index in [1.54, 1.807) is 0 Å². The van der Waals surface area contributed by atoms with Crippen LogP contribution >= 0.6 is 0 Å². The van der Waals surface area contributed by atoms with E-state index in [0.717, 1.165) is 127 Å². The maximum absolute atomic E-state index is 5.50. The molecule has 9 aliphatic heterocycles. The summed E-state index contributed by atoms with van der Waals surface area (Å²) in [7, 11) is 13.3. The number of likely N-dealkylation sites (N-methyl/N-ethyl adjacent to an activating group) is 1. The van der Waals surface area contributed by atoms with Gasteiger partial charge in [-0.1, -0.05) is 165 Å². The topological polar surface area (TPSA) is 38.4 Å². The zero-order valence-corrected chi connectivity index (χ0v) is 69.4. The SMILES string of the molecule is CC(C)C1CCCCN(C)C1.CC(C)C1CCCCN1C.CC(C)C1CCCN(C)C1.CC(C)C1CCN(C)C1.CC(C)C1CCN(C)CC1.CC(C)C1COCCN(C)C1.CCN1CCC(C(C)C)CC1.CCN1CCCC(C(C)C)C1.CCN1CCCCC1C(C)C. The molecular weight excluding hydrogens is 1150 g/mol. The van der Waals surface area contributed by atoms with E-state index in [9.17, 15) is 0 Å². The summed E-state index contributed by atoms with van der Waals surface area (Å²) in [6.45, 7) is 75.1. The molecule has 0 aromatic rings. The second kappa shape index (κ2) is 53.4. The number of likely N-dealkylation sites (tertiary alicyclic amines) is 8. The van der Waals surface area contributed by atoms with Crippen LogP contribution in [0.1, 0.15) is 261 Å². The van der Waals surface area contributed by atoms with Crippen LogP contribution in [0.2, 0.25) is 0 Å². The lowest BCUT2D eigenvalue weighted by Crippen LogP contribution is -2.42. The van der Waals surface area contributed by atoms with Gasteiger partial charge in [0.1, 0.15) is 0 Å². The first-order valence-corrected chi connectivity index (χ1v) is 41.3. The number of hydrogen-bond acceptors (Lipinski definition) is 10. The zero-order chi connectivity index (χ0) is 70.9. The van der Waals surface area contributed by atoms with Crippen molar-refractivity contribution in [3.8, 4) is 0 Å². The largest absolute Gasteiger partial charge is 0.380 e. The van der Waals surface area contributed by atoms with Gasteiger partial charge in [-0.15, -0.1) is 0 Å². The normalized spacial score (nSPS) is 27.6. The summed E-state index contributed by atoms with van der Waals surface area (Å²) in [4.78, 5) is 22.4. The lowest BCUT2D eigenvalue weighted by Gasteiger charge is -2.37. The molecule has 0 aliphatic carbocycles. The third kappa shape index (κ3) is 41.5. The number of piperidine rings is 6. The Labute approximate surface area is 593 Å². The molecule has 10 heteroatoms. The summed E-state index contributed by atoms with van der Waals surface area (Å²) >= 11 is 0. The van der Waals surface area contributed by atoms with Crippen molar-refractivity contribution in [2.75, 3.05) is 180 Å². The smallest absolute Gasteiger partial charge is 0.0593 e. The molecule has 7 atom stereocenters. The van der Waals surface area contributed by atoms with E-state index in [0.29, 0.717) is 0 Å². The molecule has 7 unspecified atom stereocenters. The van der Waals surface area contributed by atoms with Gasteiger partial charge in [0.15, 0.2) is 0 Å². The Balaban J connectivity index is 0.000000529. The quantitative estimate of drug-likeness (QED) is 0.189. The molecule has 0 saturated carbocycles. The fourth-order valence-electron chi connectivity index (χ4n) is 16.2. The summed E-state index contributed by atoms with van der Waals surface area (Å²) < 4.78 is 5.50. The molecule has 9 heterocycles. The first-order valence-electron chi connectivity index (χ1n) is 41.3. The second-order valence-electron chi connectivity index (χ2n) is 35.2. The lowest BCUT2D eigenvalue weighted by molar-refractivity contribution is 0.108. The third-order valence-corrected chi connectivity index (χ3v) is 24.4. The predicted octanol–water partition coefficient (Wildman–Crippen LogP) is 18.5. The first kappa shape index (κ1) is 91.6. The van der Waals surface area contributed by atoms with E-state index in [2.05, 4.69) is 232 Å². The maximum atomic E-state index is 5.50. The van der Waals surface area contributed by atoms with Crippen molar-refractivity contribution in [2.24, 2.45) is 94.7 Å². The zero-order valence-electron chi connectivity index (χ0n) is 69.4. The Kier molecular flexibility index (Phi) is 52.1. The number of hydrogen-bond donors (Lipinski definition) is 0. The van der Waals surface area contributed by atoms with Gasteiger partial charge in [-0.3, -0.25) is 0 Å². The molecule has 0 aromatic heterocycles. The molecule has 9 saturated heterocycles. The Hall–Kier alpha value is -0.400. The van der Waals surface area contributed by atoms with E-state index in [-0.39, 0.29) is 0 Å². The summed E-state index contributed by atoms with van der Waals surface area (Å²) in [6, 6.07) is 1.72. The third-order valence-electron chi connectivity index (χ3n) is 24.4. The Morgan fingerprint density at radius 1 is 0.266 bits per heavy atom. The molecule has 9 rings (SSSR count). The molecule has 9 aliphatic rings. The van der Waals surface area contributed by atoms with Gasteiger partial charge < -0.3 is 48.8 Å². The summed E-state index contributed by atoms with van der Waals surface area (Å²) in [5.74, 6) is 14.3. The van der Waals surface area contributed by atoms with E-state index in [4.69, 9.17) is 4.74 Å². The summed E-state index contributed by atoms with van der Waals surface area (Å²) in [5.41, 5.74) is 0. The molecule has 564 valence electrons. The molecule has 10 nitrogen and oxygen atoms in total. The van der Waals surface area contributed by atoms with Crippen LogP contribution in [0.15, 0.2) is 0 Å². The van der Waals surface area contributed by atoms with Gasteiger partial charge in [0, 0.05) is 51.4 Å². The fourth-order valence-corrected chi connectivity index (χ4v) is 16.2. The van der Waals surface area contributed by atoms with Crippen LogP contribution < -0.4 is 0 Å². The van der Waals surface area contributed by atoms with Crippen molar-refractivity contribution >= 4 is 0 Å². The lowest BCUT2D eigenvalue weighted by atomic mass is 9.87. The highest BCUT2D eigenvalue weighted by molar-refractivity contribution is 4.81. The predicted molar refractivity (Wildman–Crippen MR) is 421 cm³/mol. The van der Waals surface area contributed by atoms with Gasteiger partial charge in [-0.2, -0.15) is 0 Å². The molecular formula is C84H177N9O. The van der Waals surface area contributed by atoms with Crippen molar-refractivity contribution < 1.29 is 4.74 Å². The monoisotopic (exact) mass is 1330 g/mol. The highest BCUT2D eigenvalue weighted by Gasteiger charge is 2.27. The maximum Gasteiger partial charge on any atom is 0.0593 e. The number of ether oxygens (including phenoxy) is 1. The van der Waals surface area contributed by atoms with Crippen LogP contribution in [0, 0.1) is 94.7 Å². The van der Waals surface area contributed by atoms with Crippen LogP contribution in [0.3, 0.4) is 0 Å². The number of nitrogens with zero attached hydrogens (tertiary/aromatic N) is 9. The molecule has 0 radical (unpaired) electrons. The van der Waals surface area contributed by atoms with Crippen LogP contribution in [0.25, 0.3) is 0 Å². The van der Waals surface area contributed by atoms with Crippen LogP contribution in [0.4, 0.5) is 0 Å². The Morgan fingerprint density at radius 2 is 0.617 bits per heavy atom. The number of rotatable bonds is 12. The van der Waals surface area contributed by atoms with Crippen LogP contribution in [0.5, 0.6) is 0 Å². The molecule has 0 N–H and O–H groups in total. The van der Waals surface area contributed by atoms with Crippen molar-refractivity contribution in [2.45, 2.75) is 273 Å². The van der Waals surface area contributed by atoms with Gasteiger partial charge in [0.05, 0.1) is 13.2 Å². The Bertz CT molecular complexity index is 1660. The van der Waals surface area contributed by atoms with E-state index in [1.807, 2.05) is 0 Å². The van der Waals surface area contributed by atoms with Crippen LogP contribution in [-0.2, 0) is 4.74 Å². The summed E-state index contributed by atoms with van der Waals surface area (Å²) in [6.07, 6.45) is 25.6. The first-order chi connectivity index (χ1) is 44.4. The molecule has 0 amide bonds. The molecule has 0 spiro atoms. The average Bonchev–Trinajstić information content (AvgIpc) is 2.85. The highest BCUT2D eigenvalue weighted by atomic mass is 16.5.